The molecule has 34 heavy (non-hydrogen) atoms. The minimum absolute atomic E-state index is 0.0144. The van der Waals surface area contributed by atoms with E-state index in [1.165, 1.54) is 30.1 Å². The standard InChI is InChI=1S/C22H25Cl2N3O6S/c1-4-18(22(29)25-2)26(11-14-5-6-15(23)9-17(14)24)21(28)12-27(34(3,30)31)16-7-8-19-20(10-16)33-13-32-19/h5-10,18H,4,11-13H2,1-3H3,(H,25,29). The van der Waals surface area contributed by atoms with Gasteiger partial charge < -0.3 is 19.7 Å². The van der Waals surface area contributed by atoms with Crippen LogP contribution in [0.3, 0.4) is 0 Å². The van der Waals surface area contributed by atoms with Gasteiger partial charge in [0.25, 0.3) is 0 Å². The molecule has 1 heterocycles. The SMILES string of the molecule is CCC(C(=O)NC)N(Cc1ccc(Cl)cc1Cl)C(=O)CN(c1ccc2c(c1)OCO2)S(C)(=O)=O. The average molecular weight is 530 g/mol. The van der Waals surface area contributed by atoms with Gasteiger partial charge in [0.05, 0.1) is 11.9 Å². The second-order valence-corrected chi connectivity index (χ2v) is 10.4. The van der Waals surface area contributed by atoms with E-state index in [-0.39, 0.29) is 24.9 Å². The van der Waals surface area contributed by atoms with Gasteiger partial charge in [-0.3, -0.25) is 13.9 Å². The molecule has 0 saturated carbocycles. The van der Waals surface area contributed by atoms with Gasteiger partial charge in [0, 0.05) is 29.7 Å². The van der Waals surface area contributed by atoms with Crippen molar-refractivity contribution >= 4 is 50.7 Å². The molecule has 0 aromatic heterocycles. The maximum Gasteiger partial charge on any atom is 0.244 e. The van der Waals surface area contributed by atoms with E-state index in [0.29, 0.717) is 33.5 Å². The third-order valence-corrected chi connectivity index (χ3v) is 7.04. The van der Waals surface area contributed by atoms with E-state index in [1.54, 1.807) is 25.1 Å². The maximum absolute atomic E-state index is 13.5. The van der Waals surface area contributed by atoms with Crippen LogP contribution in [0.25, 0.3) is 0 Å². The van der Waals surface area contributed by atoms with E-state index in [1.807, 2.05) is 0 Å². The molecule has 2 amide bonds. The molecule has 12 heteroatoms. The van der Waals surface area contributed by atoms with Crippen LogP contribution in [-0.4, -0.2) is 57.8 Å². The Hall–Kier alpha value is -2.69. The molecule has 184 valence electrons. The minimum Gasteiger partial charge on any atom is -0.454 e. The summed E-state index contributed by atoms with van der Waals surface area (Å²) >= 11 is 12.3. The van der Waals surface area contributed by atoms with Crippen molar-refractivity contribution in [1.29, 1.82) is 0 Å². The summed E-state index contributed by atoms with van der Waals surface area (Å²) < 4.78 is 36.9. The normalized spacial score (nSPS) is 13.3. The summed E-state index contributed by atoms with van der Waals surface area (Å²) in [5.74, 6) is -0.104. The molecule has 2 aromatic carbocycles. The molecule has 1 N–H and O–H groups in total. The Morgan fingerprint density at radius 2 is 1.82 bits per heavy atom. The number of hydrogen-bond acceptors (Lipinski definition) is 6. The first kappa shape index (κ1) is 25.9. The van der Waals surface area contributed by atoms with Gasteiger partial charge in [-0.05, 0) is 36.2 Å². The molecule has 0 radical (unpaired) electrons. The Labute approximate surface area is 208 Å². The summed E-state index contributed by atoms with van der Waals surface area (Å²) in [7, 11) is -2.39. The Kier molecular flexibility index (Phi) is 8.17. The number of nitrogens with zero attached hydrogens (tertiary/aromatic N) is 2. The monoisotopic (exact) mass is 529 g/mol. The molecule has 9 nitrogen and oxygen atoms in total. The number of halogens is 2. The van der Waals surface area contributed by atoms with Crippen LogP contribution in [0.5, 0.6) is 11.5 Å². The van der Waals surface area contributed by atoms with Crippen LogP contribution < -0.4 is 19.1 Å². The Morgan fingerprint density at radius 1 is 1.12 bits per heavy atom. The molecular formula is C22H25Cl2N3O6S. The number of benzene rings is 2. The number of carbonyl (C=O) groups is 2. The van der Waals surface area contributed by atoms with E-state index < -0.39 is 28.5 Å². The molecule has 1 unspecified atom stereocenters. The van der Waals surface area contributed by atoms with E-state index in [2.05, 4.69) is 5.32 Å². The number of rotatable bonds is 9. The fourth-order valence-corrected chi connectivity index (χ4v) is 4.88. The first-order chi connectivity index (χ1) is 16.0. The van der Waals surface area contributed by atoms with Gasteiger partial charge in [0.1, 0.15) is 12.6 Å². The van der Waals surface area contributed by atoms with Gasteiger partial charge >= 0.3 is 0 Å². The van der Waals surface area contributed by atoms with Crippen LogP contribution >= 0.6 is 23.2 Å². The molecule has 2 aromatic rings. The average Bonchev–Trinajstić information content (AvgIpc) is 3.25. The van der Waals surface area contributed by atoms with Gasteiger partial charge in [0.15, 0.2) is 11.5 Å². The number of carbonyl (C=O) groups excluding carboxylic acids is 2. The van der Waals surface area contributed by atoms with Crippen LogP contribution in [0.2, 0.25) is 10.0 Å². The summed E-state index contributed by atoms with van der Waals surface area (Å²) in [4.78, 5) is 27.4. The first-order valence-corrected chi connectivity index (χ1v) is 13.0. The van der Waals surface area contributed by atoms with Crippen molar-refractivity contribution in [3.05, 3.63) is 52.0 Å². The van der Waals surface area contributed by atoms with Crippen molar-refractivity contribution in [3.63, 3.8) is 0 Å². The van der Waals surface area contributed by atoms with Gasteiger partial charge in [-0.15, -0.1) is 0 Å². The number of sulfonamides is 1. The molecule has 0 spiro atoms. The molecule has 1 aliphatic heterocycles. The molecular weight excluding hydrogens is 505 g/mol. The van der Waals surface area contributed by atoms with Crippen LogP contribution in [0.1, 0.15) is 18.9 Å². The van der Waals surface area contributed by atoms with E-state index in [9.17, 15) is 18.0 Å². The number of likely N-dealkylation sites (N-methyl/N-ethyl adjacent to an activating group) is 1. The molecule has 0 fully saturated rings. The highest BCUT2D eigenvalue weighted by atomic mass is 35.5. The van der Waals surface area contributed by atoms with Gasteiger partial charge in [0.2, 0.25) is 28.6 Å². The third-order valence-electron chi connectivity index (χ3n) is 5.31. The summed E-state index contributed by atoms with van der Waals surface area (Å²) in [5.41, 5.74) is 0.799. The predicted molar refractivity (Wildman–Crippen MR) is 130 cm³/mol. The maximum atomic E-state index is 13.5. The Balaban J connectivity index is 1.96. The highest BCUT2D eigenvalue weighted by molar-refractivity contribution is 7.92. The molecule has 0 saturated heterocycles. The van der Waals surface area contributed by atoms with Crippen LogP contribution in [-0.2, 0) is 26.2 Å². The minimum atomic E-state index is -3.86. The number of anilines is 1. The molecule has 0 bridgehead atoms. The van der Waals surface area contributed by atoms with E-state index in [0.717, 1.165) is 10.6 Å². The van der Waals surface area contributed by atoms with Crippen molar-refractivity contribution in [2.24, 2.45) is 0 Å². The van der Waals surface area contributed by atoms with Crippen LogP contribution in [0.4, 0.5) is 5.69 Å². The van der Waals surface area contributed by atoms with Crippen molar-refractivity contribution in [2.45, 2.75) is 25.9 Å². The largest absolute Gasteiger partial charge is 0.454 e. The fraction of sp³-hybridized carbons (Fsp3) is 0.364. The fourth-order valence-electron chi connectivity index (χ4n) is 3.57. The lowest BCUT2D eigenvalue weighted by molar-refractivity contribution is -0.140. The van der Waals surface area contributed by atoms with E-state index in [4.69, 9.17) is 32.7 Å². The third kappa shape index (κ3) is 5.86. The van der Waals surface area contributed by atoms with Gasteiger partial charge in [-0.2, -0.15) is 0 Å². The predicted octanol–water partition coefficient (Wildman–Crippen LogP) is 3.04. The first-order valence-electron chi connectivity index (χ1n) is 10.4. The number of fused-ring (bicyclic) bond motifs is 1. The zero-order chi connectivity index (χ0) is 25.0. The van der Waals surface area contributed by atoms with Crippen molar-refractivity contribution in [2.75, 3.05) is 30.9 Å². The zero-order valence-electron chi connectivity index (χ0n) is 18.9. The molecule has 3 rings (SSSR count). The summed E-state index contributed by atoms with van der Waals surface area (Å²) in [6.07, 6.45) is 1.31. The highest BCUT2D eigenvalue weighted by Crippen LogP contribution is 2.36. The Bertz CT molecular complexity index is 1190. The van der Waals surface area contributed by atoms with Crippen molar-refractivity contribution in [3.8, 4) is 11.5 Å². The van der Waals surface area contributed by atoms with Crippen molar-refractivity contribution < 1.29 is 27.5 Å². The highest BCUT2D eigenvalue weighted by Gasteiger charge is 2.32. The van der Waals surface area contributed by atoms with Gasteiger partial charge in [-0.1, -0.05) is 36.2 Å². The summed E-state index contributed by atoms with van der Waals surface area (Å²) in [6.45, 7) is 1.24. The smallest absolute Gasteiger partial charge is 0.244 e. The quantitative estimate of drug-likeness (QED) is 0.535. The van der Waals surface area contributed by atoms with Crippen LogP contribution in [0, 0.1) is 0 Å². The second kappa shape index (κ2) is 10.7. The second-order valence-electron chi connectivity index (χ2n) is 7.60. The number of hydrogen-bond donors (Lipinski definition) is 1. The van der Waals surface area contributed by atoms with Crippen LogP contribution in [0.15, 0.2) is 36.4 Å². The topological polar surface area (TPSA) is 105 Å². The number of ether oxygens (including phenoxy) is 2. The lowest BCUT2D eigenvalue weighted by Gasteiger charge is -2.32. The lowest BCUT2D eigenvalue weighted by Crippen LogP contribution is -2.51. The summed E-state index contributed by atoms with van der Waals surface area (Å²) in [6, 6.07) is 8.57. The molecule has 0 aliphatic carbocycles. The number of nitrogens with one attached hydrogen (secondary N) is 1. The van der Waals surface area contributed by atoms with Gasteiger partial charge in [-0.25, -0.2) is 8.42 Å². The van der Waals surface area contributed by atoms with Crippen molar-refractivity contribution in [1.82, 2.24) is 10.2 Å². The zero-order valence-corrected chi connectivity index (χ0v) is 21.2. The molecule has 1 atom stereocenters. The number of amides is 2. The molecule has 1 aliphatic rings. The lowest BCUT2D eigenvalue weighted by atomic mass is 10.1. The summed E-state index contributed by atoms with van der Waals surface area (Å²) in [5, 5.41) is 3.31. The Morgan fingerprint density at radius 3 is 2.44 bits per heavy atom. The van der Waals surface area contributed by atoms with E-state index >= 15 is 0 Å².